The van der Waals surface area contributed by atoms with E-state index >= 15 is 0 Å². The molecule has 0 unspecified atom stereocenters. The number of H-pyrrole nitrogens is 1. The number of aliphatic hydroxyl groups excluding tert-OH is 1. The fourth-order valence-corrected chi connectivity index (χ4v) is 6.13. The Balaban J connectivity index is 1.51. The highest BCUT2D eigenvalue weighted by molar-refractivity contribution is 6.35. The lowest BCUT2D eigenvalue weighted by Gasteiger charge is -2.11. The average Bonchev–Trinajstić information content (AvgIpc) is 3.55. The zero-order valence-corrected chi connectivity index (χ0v) is 26.4. The molecule has 3 aromatic carbocycles. The fraction of sp³-hybridized carbons (Fsp3) is 0.333. The van der Waals surface area contributed by atoms with Gasteiger partial charge in [-0.05, 0) is 74.6 Å². The molecule has 0 aliphatic heterocycles. The van der Waals surface area contributed by atoms with Crippen LogP contribution < -0.4 is 4.74 Å². The number of esters is 1. The standard InChI is InChI=1S/C36H40ClN3O4/c1-4-30-33(29(39-40(30)3)18-8-6-7-11-22-41)32-28(37)21-20-27-26(35(38-34(27)32)36(42)43-5-2)17-13-23-44-31-19-12-15-24-14-9-10-16-25(24)31/h8-10,12,14-16,18-21,38,41H,4-7,11,13,17,22-23H2,1-3H3/b18-8+. The number of allylic oxidation sites excluding steroid dienone is 1. The Morgan fingerprint density at radius 3 is 2.64 bits per heavy atom. The number of aliphatic hydroxyl groups is 1. The number of ether oxygens (including phenoxy) is 2. The lowest BCUT2D eigenvalue weighted by molar-refractivity contribution is 0.0519. The third-order valence-corrected chi connectivity index (χ3v) is 8.24. The quantitative estimate of drug-likeness (QED) is 0.0971. The molecule has 230 valence electrons. The van der Waals surface area contributed by atoms with Crippen molar-refractivity contribution in [2.75, 3.05) is 19.8 Å². The Morgan fingerprint density at radius 1 is 1.02 bits per heavy atom. The monoisotopic (exact) mass is 613 g/mol. The molecule has 0 atom stereocenters. The van der Waals surface area contributed by atoms with E-state index in [1.165, 1.54) is 0 Å². The summed E-state index contributed by atoms with van der Waals surface area (Å²) in [6, 6.07) is 18.1. The van der Waals surface area contributed by atoms with Crippen molar-refractivity contribution in [2.24, 2.45) is 7.05 Å². The van der Waals surface area contributed by atoms with E-state index in [0.717, 1.165) is 81.2 Å². The molecular weight excluding hydrogens is 574 g/mol. The van der Waals surface area contributed by atoms with Gasteiger partial charge < -0.3 is 19.6 Å². The second-order valence-corrected chi connectivity index (χ2v) is 11.2. The molecule has 44 heavy (non-hydrogen) atoms. The molecule has 2 heterocycles. The molecule has 5 aromatic rings. The zero-order chi connectivity index (χ0) is 31.1. The maximum absolute atomic E-state index is 13.2. The number of nitrogens with one attached hydrogen (secondary N) is 1. The third kappa shape index (κ3) is 6.54. The van der Waals surface area contributed by atoms with Gasteiger partial charge in [-0.3, -0.25) is 4.68 Å². The van der Waals surface area contributed by atoms with Crippen LogP contribution in [0.1, 0.15) is 67.0 Å². The SMILES string of the molecule is CCOC(=O)c1[nH]c2c(-c3c(/C=C/CCCCO)nn(C)c3CC)c(Cl)ccc2c1CCCOc1cccc2ccccc12. The Morgan fingerprint density at radius 2 is 1.84 bits per heavy atom. The number of carbonyl (C=O) groups is 1. The van der Waals surface area contributed by atoms with Gasteiger partial charge >= 0.3 is 5.97 Å². The Hall–Kier alpha value is -4.07. The number of unbranched alkanes of at least 4 members (excludes halogenated alkanes) is 2. The van der Waals surface area contributed by atoms with Crippen LogP contribution in [0.2, 0.25) is 5.02 Å². The summed E-state index contributed by atoms with van der Waals surface area (Å²) in [7, 11) is 1.94. The molecule has 0 amide bonds. The summed E-state index contributed by atoms with van der Waals surface area (Å²) in [5.41, 5.74) is 5.77. The summed E-state index contributed by atoms with van der Waals surface area (Å²) in [6.45, 7) is 4.87. The van der Waals surface area contributed by atoms with Gasteiger partial charge in [0.05, 0.1) is 29.4 Å². The van der Waals surface area contributed by atoms with Crippen LogP contribution in [0.4, 0.5) is 0 Å². The number of aromatic amines is 1. The van der Waals surface area contributed by atoms with Gasteiger partial charge in [-0.25, -0.2) is 4.79 Å². The number of aryl methyl sites for hydroxylation is 2. The Bertz CT molecular complexity index is 1780. The molecule has 2 N–H and O–H groups in total. The van der Waals surface area contributed by atoms with Gasteiger partial charge in [0.2, 0.25) is 0 Å². The van der Waals surface area contributed by atoms with Crippen molar-refractivity contribution in [3.8, 4) is 16.9 Å². The van der Waals surface area contributed by atoms with E-state index in [4.69, 9.17) is 31.3 Å². The molecular formula is C36H40ClN3O4. The van der Waals surface area contributed by atoms with Crippen LogP contribution in [0.5, 0.6) is 5.75 Å². The molecule has 0 bridgehead atoms. The number of aromatic nitrogens is 3. The van der Waals surface area contributed by atoms with Crippen LogP contribution >= 0.6 is 11.6 Å². The van der Waals surface area contributed by atoms with Crippen LogP contribution in [0.3, 0.4) is 0 Å². The summed E-state index contributed by atoms with van der Waals surface area (Å²) in [5.74, 6) is 0.462. The first-order chi connectivity index (χ1) is 21.5. The molecule has 7 nitrogen and oxygen atoms in total. The first-order valence-electron chi connectivity index (χ1n) is 15.4. The highest BCUT2D eigenvalue weighted by Gasteiger charge is 2.25. The maximum atomic E-state index is 13.2. The van der Waals surface area contributed by atoms with Crippen molar-refractivity contribution in [1.29, 1.82) is 0 Å². The van der Waals surface area contributed by atoms with Gasteiger partial charge in [-0.1, -0.05) is 67.1 Å². The van der Waals surface area contributed by atoms with Gasteiger partial charge in [-0.2, -0.15) is 5.10 Å². The Kier molecular flexibility index (Phi) is 10.4. The second kappa shape index (κ2) is 14.6. The number of halogens is 1. The lowest BCUT2D eigenvalue weighted by Crippen LogP contribution is -2.09. The van der Waals surface area contributed by atoms with Crippen LogP contribution in [0, 0.1) is 0 Å². The second-order valence-electron chi connectivity index (χ2n) is 10.8. The van der Waals surface area contributed by atoms with E-state index in [2.05, 4.69) is 36.2 Å². The minimum absolute atomic E-state index is 0.188. The van der Waals surface area contributed by atoms with Crippen molar-refractivity contribution in [2.45, 2.75) is 52.4 Å². The highest BCUT2D eigenvalue weighted by atomic mass is 35.5. The predicted octanol–water partition coefficient (Wildman–Crippen LogP) is 8.30. The maximum Gasteiger partial charge on any atom is 0.355 e. The number of hydrogen-bond donors (Lipinski definition) is 2. The van der Waals surface area contributed by atoms with Gasteiger partial charge in [0.1, 0.15) is 11.4 Å². The minimum Gasteiger partial charge on any atom is -0.493 e. The van der Waals surface area contributed by atoms with Crippen LogP contribution in [0.25, 0.3) is 38.9 Å². The van der Waals surface area contributed by atoms with Crippen molar-refractivity contribution in [3.63, 3.8) is 0 Å². The van der Waals surface area contributed by atoms with E-state index in [-0.39, 0.29) is 19.2 Å². The molecule has 8 heteroatoms. The first-order valence-corrected chi connectivity index (χ1v) is 15.8. The molecule has 2 aromatic heterocycles. The lowest BCUT2D eigenvalue weighted by atomic mass is 9.97. The number of benzene rings is 3. The van der Waals surface area contributed by atoms with Gasteiger partial charge in [0.25, 0.3) is 0 Å². The van der Waals surface area contributed by atoms with Crippen LogP contribution in [0.15, 0.2) is 60.7 Å². The van der Waals surface area contributed by atoms with Gasteiger partial charge in [0.15, 0.2) is 0 Å². The normalized spacial score (nSPS) is 11.7. The third-order valence-electron chi connectivity index (χ3n) is 7.92. The van der Waals surface area contributed by atoms with E-state index in [0.29, 0.717) is 30.2 Å². The van der Waals surface area contributed by atoms with Crippen molar-refractivity contribution >= 4 is 45.3 Å². The number of carbonyl (C=O) groups excluding carboxylic acids is 1. The van der Waals surface area contributed by atoms with Crippen LogP contribution in [-0.2, 0) is 24.6 Å². The highest BCUT2D eigenvalue weighted by Crippen LogP contribution is 2.41. The molecule has 0 spiro atoms. The molecule has 0 saturated heterocycles. The zero-order valence-electron chi connectivity index (χ0n) is 25.7. The van der Waals surface area contributed by atoms with Gasteiger partial charge in [-0.15, -0.1) is 0 Å². The molecule has 5 rings (SSSR count). The summed E-state index contributed by atoms with van der Waals surface area (Å²) in [4.78, 5) is 16.6. The fourth-order valence-electron chi connectivity index (χ4n) is 5.87. The minimum atomic E-state index is -0.387. The molecule has 0 radical (unpaired) electrons. The summed E-state index contributed by atoms with van der Waals surface area (Å²) in [5, 5.41) is 17.7. The van der Waals surface area contributed by atoms with Crippen molar-refractivity contribution in [3.05, 3.63) is 88.3 Å². The number of fused-ring (bicyclic) bond motifs is 2. The topological polar surface area (TPSA) is 89.4 Å². The summed E-state index contributed by atoms with van der Waals surface area (Å²) in [6.07, 6.45) is 8.71. The van der Waals surface area contributed by atoms with Crippen LogP contribution in [-0.4, -0.2) is 45.7 Å². The number of nitrogens with zero attached hydrogens (tertiary/aromatic N) is 2. The first kappa shape index (κ1) is 31.4. The predicted molar refractivity (Wildman–Crippen MR) is 179 cm³/mol. The number of hydrogen-bond acceptors (Lipinski definition) is 5. The summed E-state index contributed by atoms with van der Waals surface area (Å²) >= 11 is 6.95. The van der Waals surface area contributed by atoms with E-state index in [9.17, 15) is 4.79 Å². The molecule has 0 aliphatic carbocycles. The number of rotatable bonds is 14. The van der Waals surface area contributed by atoms with E-state index < -0.39 is 0 Å². The largest absolute Gasteiger partial charge is 0.493 e. The molecule has 0 aliphatic rings. The summed E-state index contributed by atoms with van der Waals surface area (Å²) < 4.78 is 13.6. The van der Waals surface area contributed by atoms with Gasteiger partial charge in [0, 0.05) is 41.2 Å². The van der Waals surface area contributed by atoms with E-state index in [1.54, 1.807) is 0 Å². The van der Waals surface area contributed by atoms with Crippen molar-refractivity contribution < 1.29 is 19.4 Å². The van der Waals surface area contributed by atoms with Crippen molar-refractivity contribution in [1.82, 2.24) is 14.8 Å². The average molecular weight is 614 g/mol. The molecule has 0 fully saturated rings. The molecule has 0 saturated carbocycles. The van der Waals surface area contributed by atoms with E-state index in [1.807, 2.05) is 61.1 Å². The Labute approximate surface area is 263 Å². The smallest absolute Gasteiger partial charge is 0.355 e.